The molecule has 0 unspecified atom stereocenters. The van der Waals surface area contributed by atoms with Crippen molar-refractivity contribution in [2.24, 2.45) is 0 Å². The number of ether oxygens (including phenoxy) is 1. The van der Waals surface area contributed by atoms with Crippen LogP contribution in [0.15, 0.2) is 59.1 Å². The number of nitrogens with one attached hydrogen (secondary N) is 1. The van der Waals surface area contributed by atoms with Crippen molar-refractivity contribution in [1.82, 2.24) is 0 Å². The molecule has 1 amide bonds. The number of para-hydroxylation sites is 1. The van der Waals surface area contributed by atoms with Gasteiger partial charge in [-0.15, -0.1) is 0 Å². The van der Waals surface area contributed by atoms with E-state index in [1.807, 2.05) is 48.5 Å². The van der Waals surface area contributed by atoms with Gasteiger partial charge in [-0.25, -0.2) is 4.79 Å². The molecule has 4 nitrogen and oxygen atoms in total. The van der Waals surface area contributed by atoms with Gasteiger partial charge in [0.05, 0.1) is 0 Å². The SMILES string of the molecule is CC[C@H](C)c1ccccc1NC(=O)COC(=O)/C=C/c1cccc(Br)c1. The van der Waals surface area contributed by atoms with Crippen molar-refractivity contribution in [3.63, 3.8) is 0 Å². The Hall–Kier alpha value is -2.40. The number of rotatable bonds is 7. The molecule has 0 aliphatic carbocycles. The fourth-order valence-electron chi connectivity index (χ4n) is 2.41. The zero-order valence-corrected chi connectivity index (χ0v) is 16.5. The minimum Gasteiger partial charge on any atom is -0.452 e. The van der Waals surface area contributed by atoms with Crippen LogP contribution in [0.4, 0.5) is 5.69 Å². The number of benzene rings is 2. The molecule has 0 spiro atoms. The highest BCUT2D eigenvalue weighted by Gasteiger charge is 2.12. The third-order valence-electron chi connectivity index (χ3n) is 3.98. The minimum atomic E-state index is -0.560. The molecule has 0 aliphatic rings. The standard InChI is InChI=1S/C21H22BrNO3/c1-3-15(2)18-9-4-5-10-19(18)23-20(24)14-26-21(25)12-11-16-7-6-8-17(22)13-16/h4-13,15H,3,14H2,1-2H3,(H,23,24)/b12-11+/t15-/m0/s1. The van der Waals surface area contributed by atoms with E-state index in [0.29, 0.717) is 5.92 Å². The quantitative estimate of drug-likeness (QED) is 0.501. The van der Waals surface area contributed by atoms with Crippen LogP contribution in [-0.4, -0.2) is 18.5 Å². The summed E-state index contributed by atoms with van der Waals surface area (Å²) in [5.74, 6) is -0.581. The van der Waals surface area contributed by atoms with Crippen LogP contribution < -0.4 is 5.32 Å². The van der Waals surface area contributed by atoms with Crippen LogP contribution in [0.2, 0.25) is 0 Å². The van der Waals surface area contributed by atoms with Crippen LogP contribution in [0.3, 0.4) is 0 Å². The Bertz CT molecular complexity index is 801. The Morgan fingerprint density at radius 1 is 1.19 bits per heavy atom. The molecule has 0 bridgehead atoms. The zero-order valence-electron chi connectivity index (χ0n) is 14.9. The molecule has 136 valence electrons. The van der Waals surface area contributed by atoms with Gasteiger partial charge in [0, 0.05) is 16.2 Å². The first-order chi connectivity index (χ1) is 12.5. The number of amides is 1. The first-order valence-electron chi connectivity index (χ1n) is 8.48. The van der Waals surface area contributed by atoms with E-state index < -0.39 is 5.97 Å². The van der Waals surface area contributed by atoms with Crippen LogP contribution >= 0.6 is 15.9 Å². The van der Waals surface area contributed by atoms with Gasteiger partial charge in [-0.2, -0.15) is 0 Å². The maximum Gasteiger partial charge on any atom is 0.331 e. The largest absolute Gasteiger partial charge is 0.452 e. The average Bonchev–Trinajstić information content (AvgIpc) is 2.64. The van der Waals surface area contributed by atoms with Crippen molar-refractivity contribution in [2.45, 2.75) is 26.2 Å². The fraction of sp³-hybridized carbons (Fsp3) is 0.238. The van der Waals surface area contributed by atoms with Crippen LogP contribution in [-0.2, 0) is 14.3 Å². The number of anilines is 1. The van der Waals surface area contributed by atoms with Crippen molar-refractivity contribution in [3.05, 3.63) is 70.2 Å². The summed E-state index contributed by atoms with van der Waals surface area (Å²) < 4.78 is 5.93. The second-order valence-corrected chi connectivity index (χ2v) is 6.86. The lowest BCUT2D eigenvalue weighted by Gasteiger charge is -2.15. The molecule has 0 fully saturated rings. The smallest absolute Gasteiger partial charge is 0.331 e. The predicted molar refractivity (Wildman–Crippen MR) is 108 cm³/mol. The van der Waals surface area contributed by atoms with Gasteiger partial charge in [-0.3, -0.25) is 4.79 Å². The molecule has 2 rings (SSSR count). The number of carbonyl (C=O) groups excluding carboxylic acids is 2. The number of hydrogen-bond acceptors (Lipinski definition) is 3. The van der Waals surface area contributed by atoms with Crippen LogP contribution in [0.1, 0.15) is 37.3 Å². The van der Waals surface area contributed by atoms with E-state index in [1.54, 1.807) is 6.08 Å². The molecular weight excluding hydrogens is 394 g/mol. The summed E-state index contributed by atoms with van der Waals surface area (Å²) in [6.45, 7) is 3.89. The third kappa shape index (κ3) is 6.15. The van der Waals surface area contributed by atoms with Crippen LogP contribution in [0.5, 0.6) is 0 Å². The molecular formula is C21H22BrNO3. The van der Waals surface area contributed by atoms with Gasteiger partial charge >= 0.3 is 5.97 Å². The molecule has 2 aromatic rings. The molecule has 0 aliphatic heterocycles. The van der Waals surface area contributed by atoms with Crippen molar-refractivity contribution in [3.8, 4) is 0 Å². The Labute approximate surface area is 162 Å². The van der Waals surface area contributed by atoms with Gasteiger partial charge in [0.15, 0.2) is 6.61 Å². The third-order valence-corrected chi connectivity index (χ3v) is 4.48. The number of halogens is 1. The fourth-order valence-corrected chi connectivity index (χ4v) is 2.82. The van der Waals surface area contributed by atoms with Crippen molar-refractivity contribution < 1.29 is 14.3 Å². The van der Waals surface area contributed by atoms with E-state index in [4.69, 9.17) is 4.74 Å². The summed E-state index contributed by atoms with van der Waals surface area (Å²) in [6, 6.07) is 15.2. The number of hydrogen-bond donors (Lipinski definition) is 1. The van der Waals surface area contributed by atoms with Crippen molar-refractivity contribution >= 4 is 39.6 Å². The monoisotopic (exact) mass is 415 g/mol. The Morgan fingerprint density at radius 2 is 1.96 bits per heavy atom. The first kappa shape index (κ1) is 19.9. The molecule has 5 heteroatoms. The molecule has 1 atom stereocenters. The number of esters is 1. The van der Waals surface area contributed by atoms with E-state index in [1.165, 1.54) is 6.08 Å². The van der Waals surface area contributed by atoms with Crippen molar-refractivity contribution in [2.75, 3.05) is 11.9 Å². The second-order valence-electron chi connectivity index (χ2n) is 5.94. The summed E-state index contributed by atoms with van der Waals surface area (Å²) in [5, 5.41) is 2.82. The van der Waals surface area contributed by atoms with Gasteiger partial charge in [0.1, 0.15) is 0 Å². The van der Waals surface area contributed by atoms with Gasteiger partial charge in [-0.1, -0.05) is 60.1 Å². The second kappa shape index (κ2) is 9.92. The molecule has 0 heterocycles. The zero-order chi connectivity index (χ0) is 18.9. The number of carbonyl (C=O) groups is 2. The van der Waals surface area contributed by atoms with Gasteiger partial charge in [0.2, 0.25) is 0 Å². The van der Waals surface area contributed by atoms with Crippen LogP contribution in [0, 0.1) is 0 Å². The van der Waals surface area contributed by atoms with E-state index >= 15 is 0 Å². The normalized spacial score (nSPS) is 12.0. The highest BCUT2D eigenvalue weighted by Crippen LogP contribution is 2.26. The Morgan fingerprint density at radius 3 is 2.69 bits per heavy atom. The summed E-state index contributed by atoms with van der Waals surface area (Å²) in [4.78, 5) is 23.9. The minimum absolute atomic E-state index is 0.323. The molecule has 26 heavy (non-hydrogen) atoms. The summed E-state index contributed by atoms with van der Waals surface area (Å²) in [5.41, 5.74) is 2.69. The van der Waals surface area contributed by atoms with Crippen molar-refractivity contribution in [1.29, 1.82) is 0 Å². The maximum absolute atomic E-state index is 12.1. The first-order valence-corrected chi connectivity index (χ1v) is 9.28. The molecule has 0 aromatic heterocycles. The maximum atomic E-state index is 12.1. The topological polar surface area (TPSA) is 55.4 Å². The van der Waals surface area contributed by atoms with Gasteiger partial charge in [-0.05, 0) is 47.7 Å². The Kier molecular flexibility index (Phi) is 7.60. The van der Waals surface area contributed by atoms with Crippen LogP contribution in [0.25, 0.3) is 6.08 Å². The van der Waals surface area contributed by atoms with E-state index in [0.717, 1.165) is 27.7 Å². The lowest BCUT2D eigenvalue weighted by Crippen LogP contribution is -2.21. The Balaban J connectivity index is 1.88. The lowest BCUT2D eigenvalue weighted by molar-refractivity contribution is -0.142. The summed E-state index contributed by atoms with van der Waals surface area (Å²) >= 11 is 3.37. The van der Waals surface area contributed by atoms with E-state index in [9.17, 15) is 9.59 Å². The average molecular weight is 416 g/mol. The molecule has 1 N–H and O–H groups in total. The predicted octanol–water partition coefficient (Wildman–Crippen LogP) is 5.16. The molecule has 2 aromatic carbocycles. The summed E-state index contributed by atoms with van der Waals surface area (Å²) in [7, 11) is 0. The summed E-state index contributed by atoms with van der Waals surface area (Å²) in [6.07, 6.45) is 3.92. The van der Waals surface area contributed by atoms with Gasteiger partial charge < -0.3 is 10.1 Å². The molecule has 0 radical (unpaired) electrons. The van der Waals surface area contributed by atoms with Gasteiger partial charge in [0.25, 0.3) is 5.91 Å². The van der Waals surface area contributed by atoms with E-state index in [2.05, 4.69) is 35.1 Å². The highest BCUT2D eigenvalue weighted by atomic mass is 79.9. The lowest BCUT2D eigenvalue weighted by atomic mass is 9.97. The molecule has 0 saturated carbocycles. The highest BCUT2D eigenvalue weighted by molar-refractivity contribution is 9.10. The van der Waals surface area contributed by atoms with E-state index in [-0.39, 0.29) is 12.5 Å². The molecule has 0 saturated heterocycles.